The Kier molecular flexibility index (Phi) is 6.79. The molecule has 1 saturated heterocycles. The number of urea groups is 1. The molecule has 5 nitrogen and oxygen atoms in total. The summed E-state index contributed by atoms with van der Waals surface area (Å²) in [5, 5.41) is 2.98. The fourth-order valence-corrected chi connectivity index (χ4v) is 3.13. The molecule has 0 aliphatic carbocycles. The van der Waals surface area contributed by atoms with Gasteiger partial charge in [-0.1, -0.05) is 36.4 Å². The number of hydrogen-bond donors (Lipinski definition) is 1. The highest BCUT2D eigenvalue weighted by atomic mass is 19.1. The first-order valence-corrected chi connectivity index (χ1v) is 9.22. The lowest BCUT2D eigenvalue weighted by Crippen LogP contribution is -2.37. The van der Waals surface area contributed by atoms with E-state index in [9.17, 15) is 9.18 Å². The minimum Gasteiger partial charge on any atom is -0.379 e. The minimum atomic E-state index is -0.275. The van der Waals surface area contributed by atoms with Crippen LogP contribution in [0.5, 0.6) is 0 Å². The molecule has 27 heavy (non-hydrogen) atoms. The number of amides is 2. The van der Waals surface area contributed by atoms with Crippen LogP contribution >= 0.6 is 0 Å². The van der Waals surface area contributed by atoms with Crippen LogP contribution in [0.3, 0.4) is 0 Å². The van der Waals surface area contributed by atoms with Gasteiger partial charge in [0.05, 0.1) is 13.2 Å². The lowest BCUT2D eigenvalue weighted by atomic mass is 10.1. The third kappa shape index (κ3) is 5.77. The molecule has 1 N–H and O–H groups in total. The molecule has 1 heterocycles. The first-order valence-electron chi connectivity index (χ1n) is 9.22. The second-order valence-electron chi connectivity index (χ2n) is 6.80. The zero-order chi connectivity index (χ0) is 19.1. The monoisotopic (exact) mass is 371 g/mol. The fourth-order valence-electron chi connectivity index (χ4n) is 3.13. The van der Waals surface area contributed by atoms with E-state index in [2.05, 4.69) is 22.3 Å². The van der Waals surface area contributed by atoms with Gasteiger partial charge in [0, 0.05) is 39.8 Å². The molecule has 0 bridgehead atoms. The molecule has 0 saturated carbocycles. The lowest BCUT2D eigenvalue weighted by Gasteiger charge is -2.27. The number of nitrogens with one attached hydrogen (secondary N) is 1. The Labute approximate surface area is 159 Å². The zero-order valence-corrected chi connectivity index (χ0v) is 15.7. The predicted octanol–water partition coefficient (Wildman–Crippen LogP) is 3.00. The molecular formula is C21H26FN3O2. The summed E-state index contributed by atoms with van der Waals surface area (Å²) < 4.78 is 18.4. The van der Waals surface area contributed by atoms with Gasteiger partial charge >= 0.3 is 6.03 Å². The Morgan fingerprint density at radius 2 is 1.78 bits per heavy atom. The van der Waals surface area contributed by atoms with Gasteiger partial charge in [0.1, 0.15) is 5.82 Å². The van der Waals surface area contributed by atoms with E-state index in [1.165, 1.54) is 17.7 Å². The van der Waals surface area contributed by atoms with Crippen LogP contribution in [0, 0.1) is 5.82 Å². The molecule has 144 valence electrons. The van der Waals surface area contributed by atoms with Gasteiger partial charge in [0.25, 0.3) is 0 Å². The van der Waals surface area contributed by atoms with E-state index in [1.807, 2.05) is 12.1 Å². The number of morpholine rings is 1. The largest absolute Gasteiger partial charge is 0.379 e. The number of carbonyl (C=O) groups is 1. The van der Waals surface area contributed by atoms with Crippen molar-refractivity contribution in [1.29, 1.82) is 0 Å². The molecule has 1 aliphatic heterocycles. The highest BCUT2D eigenvalue weighted by Gasteiger charge is 2.14. The second-order valence-corrected chi connectivity index (χ2v) is 6.80. The van der Waals surface area contributed by atoms with E-state index in [-0.39, 0.29) is 11.8 Å². The summed E-state index contributed by atoms with van der Waals surface area (Å²) in [6.45, 7) is 5.18. The topological polar surface area (TPSA) is 44.8 Å². The molecule has 3 rings (SSSR count). The van der Waals surface area contributed by atoms with Gasteiger partial charge in [-0.2, -0.15) is 0 Å². The highest BCUT2D eigenvalue weighted by molar-refractivity contribution is 5.73. The normalized spacial score (nSPS) is 14.7. The summed E-state index contributed by atoms with van der Waals surface area (Å²) in [6.07, 6.45) is 0. The number of ether oxygens (including phenoxy) is 1. The molecule has 1 fully saturated rings. The van der Waals surface area contributed by atoms with Crippen molar-refractivity contribution in [1.82, 2.24) is 15.1 Å². The van der Waals surface area contributed by atoms with Crippen molar-refractivity contribution >= 4 is 6.03 Å². The summed E-state index contributed by atoms with van der Waals surface area (Å²) in [6, 6.07) is 14.2. The van der Waals surface area contributed by atoms with Crippen molar-refractivity contribution < 1.29 is 13.9 Å². The molecule has 0 aromatic heterocycles. The van der Waals surface area contributed by atoms with Crippen LogP contribution < -0.4 is 5.32 Å². The smallest absolute Gasteiger partial charge is 0.317 e. The second kappa shape index (κ2) is 9.48. The molecule has 0 atom stereocenters. The standard InChI is InChI=1S/C21H26FN3O2/c1-24(15-17-6-8-20(22)9-7-17)21(26)23-14-18-4-2-3-5-19(18)16-25-10-12-27-13-11-25/h2-9H,10-16H2,1H3,(H,23,26). The van der Waals surface area contributed by atoms with Crippen LogP contribution in [0.15, 0.2) is 48.5 Å². The van der Waals surface area contributed by atoms with E-state index >= 15 is 0 Å². The maximum Gasteiger partial charge on any atom is 0.317 e. The molecule has 1 aliphatic rings. The van der Waals surface area contributed by atoms with E-state index in [0.29, 0.717) is 13.1 Å². The van der Waals surface area contributed by atoms with Crippen molar-refractivity contribution in [2.75, 3.05) is 33.4 Å². The summed E-state index contributed by atoms with van der Waals surface area (Å²) in [7, 11) is 1.73. The molecule has 0 spiro atoms. The van der Waals surface area contributed by atoms with Gasteiger partial charge in [-0.25, -0.2) is 9.18 Å². The maximum absolute atomic E-state index is 13.0. The van der Waals surface area contributed by atoms with Gasteiger partial charge in [-0.15, -0.1) is 0 Å². The van der Waals surface area contributed by atoms with E-state index < -0.39 is 0 Å². The average molecular weight is 371 g/mol. The first-order chi connectivity index (χ1) is 13.1. The highest BCUT2D eigenvalue weighted by Crippen LogP contribution is 2.13. The number of benzene rings is 2. The molecule has 2 amide bonds. The van der Waals surface area contributed by atoms with Crippen LogP contribution in [0.4, 0.5) is 9.18 Å². The Morgan fingerprint density at radius 1 is 1.11 bits per heavy atom. The van der Waals surface area contributed by atoms with E-state index in [4.69, 9.17) is 4.74 Å². The Bertz CT molecular complexity index is 745. The van der Waals surface area contributed by atoms with E-state index in [1.54, 1.807) is 24.1 Å². The van der Waals surface area contributed by atoms with Crippen molar-refractivity contribution in [2.45, 2.75) is 19.6 Å². The lowest BCUT2D eigenvalue weighted by molar-refractivity contribution is 0.0341. The van der Waals surface area contributed by atoms with Crippen LogP contribution in [0.2, 0.25) is 0 Å². The summed E-state index contributed by atoms with van der Waals surface area (Å²) in [4.78, 5) is 16.4. The van der Waals surface area contributed by atoms with Crippen LogP contribution in [0.25, 0.3) is 0 Å². The number of carbonyl (C=O) groups excluding carboxylic acids is 1. The van der Waals surface area contributed by atoms with Gasteiger partial charge in [0.2, 0.25) is 0 Å². The number of hydrogen-bond acceptors (Lipinski definition) is 3. The summed E-state index contributed by atoms with van der Waals surface area (Å²) in [5.41, 5.74) is 3.23. The Hall–Kier alpha value is -2.44. The minimum absolute atomic E-state index is 0.152. The Morgan fingerprint density at radius 3 is 2.48 bits per heavy atom. The first kappa shape index (κ1) is 19.3. The van der Waals surface area contributed by atoms with Crippen LogP contribution in [-0.4, -0.2) is 49.2 Å². The van der Waals surface area contributed by atoms with Gasteiger partial charge in [-0.05, 0) is 28.8 Å². The molecule has 0 unspecified atom stereocenters. The van der Waals surface area contributed by atoms with Crippen molar-refractivity contribution in [3.63, 3.8) is 0 Å². The number of halogens is 1. The average Bonchev–Trinajstić information content (AvgIpc) is 2.69. The SMILES string of the molecule is CN(Cc1ccc(F)cc1)C(=O)NCc1ccccc1CN1CCOCC1. The summed E-state index contributed by atoms with van der Waals surface area (Å²) >= 11 is 0. The van der Waals surface area contributed by atoms with Gasteiger partial charge in [0.15, 0.2) is 0 Å². The van der Waals surface area contributed by atoms with Crippen LogP contribution in [0.1, 0.15) is 16.7 Å². The number of nitrogens with zero attached hydrogens (tertiary/aromatic N) is 2. The van der Waals surface area contributed by atoms with Crippen molar-refractivity contribution in [3.05, 3.63) is 71.0 Å². The molecule has 2 aromatic rings. The van der Waals surface area contributed by atoms with Crippen LogP contribution in [-0.2, 0) is 24.4 Å². The molecular weight excluding hydrogens is 345 g/mol. The molecule has 0 radical (unpaired) electrons. The summed E-state index contributed by atoms with van der Waals surface area (Å²) in [5.74, 6) is -0.275. The number of rotatable bonds is 6. The third-order valence-electron chi connectivity index (χ3n) is 4.73. The fraction of sp³-hybridized carbons (Fsp3) is 0.381. The quantitative estimate of drug-likeness (QED) is 0.849. The van der Waals surface area contributed by atoms with Crippen molar-refractivity contribution in [3.8, 4) is 0 Å². The molecule has 6 heteroatoms. The zero-order valence-electron chi connectivity index (χ0n) is 15.7. The van der Waals surface area contributed by atoms with Gasteiger partial charge in [-0.3, -0.25) is 4.90 Å². The third-order valence-corrected chi connectivity index (χ3v) is 4.73. The van der Waals surface area contributed by atoms with Gasteiger partial charge < -0.3 is 15.0 Å². The molecule has 2 aromatic carbocycles. The van der Waals surface area contributed by atoms with E-state index in [0.717, 1.165) is 44.0 Å². The Balaban J connectivity index is 1.54. The maximum atomic E-state index is 13.0. The predicted molar refractivity (Wildman–Crippen MR) is 103 cm³/mol. The van der Waals surface area contributed by atoms with Crippen molar-refractivity contribution in [2.24, 2.45) is 0 Å².